The fourth-order valence-electron chi connectivity index (χ4n) is 0.600. The molecular weight excluding hydrogens is 104 g/mol. The largest absolute Gasteiger partial charge is 0.233 e. The summed E-state index contributed by atoms with van der Waals surface area (Å²) in [5.41, 5.74) is 1.00. The first-order chi connectivity index (χ1) is 3.88. The molecule has 0 atom stereocenters. The van der Waals surface area contributed by atoms with Crippen molar-refractivity contribution in [2.45, 2.75) is 12.8 Å². The normalized spacial score (nSPS) is 16.5. The molecule has 1 fully saturated rings. The zero-order valence-electron chi connectivity index (χ0n) is 4.23. The summed E-state index contributed by atoms with van der Waals surface area (Å²) in [5.74, 6) is 3.34. The Hall–Kier alpha value is -1.10. The van der Waals surface area contributed by atoms with Crippen molar-refractivity contribution in [3.05, 3.63) is 11.1 Å². The van der Waals surface area contributed by atoms with Gasteiger partial charge in [-0.3, -0.25) is 0 Å². The summed E-state index contributed by atoms with van der Waals surface area (Å²) in [5, 5.41) is 0. The zero-order valence-corrected chi connectivity index (χ0v) is 4.23. The van der Waals surface area contributed by atoms with Crippen LogP contribution in [0, 0.1) is 0 Å². The van der Waals surface area contributed by atoms with Gasteiger partial charge in [-0.1, -0.05) is 0 Å². The molecule has 8 heavy (non-hydrogen) atoms. The molecule has 0 aromatic rings. The molecule has 2 nitrogen and oxygen atoms in total. The summed E-state index contributed by atoms with van der Waals surface area (Å²) in [6.45, 7) is 0. The zero-order chi connectivity index (χ0) is 5.98. The molecule has 0 N–H and O–H groups in total. The lowest BCUT2D eigenvalue weighted by molar-refractivity contribution is 0.557. The third kappa shape index (κ3) is 0.526. The van der Waals surface area contributed by atoms with Crippen LogP contribution in [-0.2, 0) is 9.59 Å². The van der Waals surface area contributed by atoms with Gasteiger partial charge in [0.25, 0.3) is 0 Å². The first-order valence-electron chi connectivity index (χ1n) is 2.37. The van der Waals surface area contributed by atoms with E-state index in [1.165, 1.54) is 0 Å². The van der Waals surface area contributed by atoms with Gasteiger partial charge in [0.1, 0.15) is 11.9 Å². The van der Waals surface area contributed by atoms with Gasteiger partial charge in [-0.2, -0.15) is 0 Å². The van der Waals surface area contributed by atoms with Crippen molar-refractivity contribution < 1.29 is 9.59 Å². The highest BCUT2D eigenvalue weighted by atomic mass is 16.1. The molecule has 1 aliphatic rings. The Morgan fingerprint density at radius 3 is 1.50 bits per heavy atom. The molecular formula is C6H4O2. The van der Waals surface area contributed by atoms with E-state index in [1.54, 1.807) is 11.9 Å². The van der Waals surface area contributed by atoms with E-state index in [2.05, 4.69) is 0 Å². The quantitative estimate of drug-likeness (QED) is 0.418. The minimum atomic E-state index is 0.500. The van der Waals surface area contributed by atoms with Crippen LogP contribution < -0.4 is 0 Å². The topological polar surface area (TPSA) is 34.1 Å². The fourth-order valence-corrected chi connectivity index (χ4v) is 0.600. The highest BCUT2D eigenvalue weighted by molar-refractivity contribution is 5.75. The van der Waals surface area contributed by atoms with Crippen LogP contribution in [0.15, 0.2) is 11.1 Å². The summed E-state index contributed by atoms with van der Waals surface area (Å²) in [4.78, 5) is 19.6. The molecule has 1 saturated carbocycles. The van der Waals surface area contributed by atoms with E-state index in [9.17, 15) is 9.59 Å². The van der Waals surface area contributed by atoms with Crippen molar-refractivity contribution in [1.29, 1.82) is 0 Å². The SMILES string of the molecule is O=C=C1CCC1=C=O. The van der Waals surface area contributed by atoms with Crippen molar-refractivity contribution in [3.8, 4) is 0 Å². The monoisotopic (exact) mass is 108 g/mol. The standard InChI is InChI=1S/C6H4O2/c7-3-5-1-2-6(5)4-8/h1-2H2. The first-order valence-corrected chi connectivity index (χ1v) is 2.37. The molecule has 2 heteroatoms. The summed E-state index contributed by atoms with van der Waals surface area (Å²) >= 11 is 0. The molecule has 1 aliphatic carbocycles. The lowest BCUT2D eigenvalue weighted by atomic mass is 9.88. The molecule has 0 aliphatic heterocycles. The number of carbonyl (C=O) groups excluding carboxylic acids is 2. The molecule has 0 amide bonds. The molecule has 0 aromatic carbocycles. The molecule has 0 saturated heterocycles. The highest BCUT2D eigenvalue weighted by Gasteiger charge is 2.17. The average molecular weight is 108 g/mol. The molecule has 0 radical (unpaired) electrons. The van der Waals surface area contributed by atoms with Crippen LogP contribution in [-0.4, -0.2) is 11.9 Å². The predicted molar refractivity (Wildman–Crippen MR) is 27.6 cm³/mol. The van der Waals surface area contributed by atoms with E-state index in [1.807, 2.05) is 0 Å². The Morgan fingerprint density at radius 1 is 1.00 bits per heavy atom. The Balaban J connectivity index is 2.94. The van der Waals surface area contributed by atoms with Crippen LogP contribution in [0.3, 0.4) is 0 Å². The van der Waals surface area contributed by atoms with Crippen LogP contribution in [0.1, 0.15) is 12.8 Å². The maximum atomic E-state index is 9.79. The predicted octanol–water partition coefficient (Wildman–Crippen LogP) is 0.296. The summed E-state index contributed by atoms with van der Waals surface area (Å²) < 4.78 is 0. The van der Waals surface area contributed by atoms with Gasteiger partial charge in [0, 0.05) is 0 Å². The lowest BCUT2D eigenvalue weighted by Crippen LogP contribution is -2.03. The molecule has 0 unspecified atom stereocenters. The van der Waals surface area contributed by atoms with Crippen molar-refractivity contribution in [3.63, 3.8) is 0 Å². The van der Waals surface area contributed by atoms with E-state index < -0.39 is 0 Å². The molecule has 0 heterocycles. The van der Waals surface area contributed by atoms with Crippen molar-refractivity contribution in [2.75, 3.05) is 0 Å². The Labute approximate surface area is 46.5 Å². The van der Waals surface area contributed by atoms with Gasteiger partial charge < -0.3 is 0 Å². The molecule has 0 bridgehead atoms. The number of allylic oxidation sites excluding steroid dienone is 2. The number of hydrogen-bond donors (Lipinski definition) is 0. The van der Waals surface area contributed by atoms with Gasteiger partial charge in [0.15, 0.2) is 0 Å². The second-order valence-electron chi connectivity index (χ2n) is 1.66. The minimum Gasteiger partial charge on any atom is -0.233 e. The van der Waals surface area contributed by atoms with Gasteiger partial charge >= 0.3 is 0 Å². The number of rotatable bonds is 0. The van der Waals surface area contributed by atoms with Crippen LogP contribution in [0.4, 0.5) is 0 Å². The second-order valence-corrected chi connectivity index (χ2v) is 1.66. The molecule has 0 spiro atoms. The Kier molecular flexibility index (Phi) is 1.13. The summed E-state index contributed by atoms with van der Waals surface area (Å²) in [6.07, 6.45) is 1.40. The third-order valence-corrected chi connectivity index (χ3v) is 1.24. The summed E-state index contributed by atoms with van der Waals surface area (Å²) in [7, 11) is 0. The van der Waals surface area contributed by atoms with Crippen LogP contribution in [0.25, 0.3) is 0 Å². The Bertz CT molecular complexity index is 179. The minimum absolute atomic E-state index is 0.500. The molecule has 1 rings (SSSR count). The smallest absolute Gasteiger partial charge is 0.128 e. The highest BCUT2D eigenvalue weighted by Crippen LogP contribution is 2.27. The Morgan fingerprint density at radius 2 is 1.38 bits per heavy atom. The molecule has 40 valence electrons. The van der Waals surface area contributed by atoms with E-state index in [4.69, 9.17) is 0 Å². The average Bonchev–Trinajstić information content (AvgIpc) is 1.66. The van der Waals surface area contributed by atoms with Crippen LogP contribution >= 0.6 is 0 Å². The van der Waals surface area contributed by atoms with Crippen molar-refractivity contribution in [2.24, 2.45) is 0 Å². The fraction of sp³-hybridized carbons (Fsp3) is 0.333. The van der Waals surface area contributed by atoms with Gasteiger partial charge in [-0.05, 0) is 12.8 Å². The maximum Gasteiger partial charge on any atom is 0.128 e. The van der Waals surface area contributed by atoms with E-state index in [-0.39, 0.29) is 0 Å². The van der Waals surface area contributed by atoms with Crippen LogP contribution in [0.2, 0.25) is 0 Å². The maximum absolute atomic E-state index is 9.79. The van der Waals surface area contributed by atoms with Crippen molar-refractivity contribution >= 4 is 11.9 Å². The first kappa shape index (κ1) is 5.04. The van der Waals surface area contributed by atoms with E-state index in [0.717, 1.165) is 0 Å². The van der Waals surface area contributed by atoms with Gasteiger partial charge in [0.05, 0.1) is 11.1 Å². The molecule has 0 aromatic heterocycles. The number of hydrogen-bond acceptors (Lipinski definition) is 2. The van der Waals surface area contributed by atoms with E-state index >= 15 is 0 Å². The van der Waals surface area contributed by atoms with E-state index in [0.29, 0.717) is 24.0 Å². The van der Waals surface area contributed by atoms with Gasteiger partial charge in [0.2, 0.25) is 0 Å². The van der Waals surface area contributed by atoms with Crippen molar-refractivity contribution in [1.82, 2.24) is 0 Å². The van der Waals surface area contributed by atoms with Crippen LogP contribution in [0.5, 0.6) is 0 Å². The van der Waals surface area contributed by atoms with Gasteiger partial charge in [-0.25, -0.2) is 9.59 Å². The summed E-state index contributed by atoms with van der Waals surface area (Å²) in [6, 6.07) is 0. The second kappa shape index (κ2) is 1.79. The van der Waals surface area contributed by atoms with Gasteiger partial charge in [-0.15, -0.1) is 0 Å². The third-order valence-electron chi connectivity index (χ3n) is 1.24. The lowest BCUT2D eigenvalue weighted by Gasteiger charge is -2.11.